The first-order valence-electron chi connectivity index (χ1n) is 8.50. The molecule has 27 heavy (non-hydrogen) atoms. The molecule has 2 aromatic carbocycles. The van der Waals surface area contributed by atoms with Gasteiger partial charge in [0.25, 0.3) is 0 Å². The summed E-state index contributed by atoms with van der Waals surface area (Å²) < 4.78 is 21.8. The third-order valence-corrected chi connectivity index (χ3v) is 4.56. The van der Waals surface area contributed by atoms with Crippen molar-refractivity contribution >= 4 is 5.71 Å². The second kappa shape index (κ2) is 8.09. The van der Waals surface area contributed by atoms with Crippen LogP contribution in [0.4, 0.5) is 0 Å². The predicted octanol–water partition coefficient (Wildman–Crippen LogP) is 0.897. The summed E-state index contributed by atoms with van der Waals surface area (Å²) in [6.45, 7) is 4.26. The van der Waals surface area contributed by atoms with Gasteiger partial charge in [-0.25, -0.2) is 0 Å². The molecule has 0 amide bonds. The molecule has 0 spiro atoms. The van der Waals surface area contributed by atoms with Crippen molar-refractivity contribution < 1.29 is 31.4 Å². The molecular weight excluding hydrogens is 366 g/mol. The Hall–Kier alpha value is -2.40. The van der Waals surface area contributed by atoms with Crippen molar-refractivity contribution in [1.82, 2.24) is 0 Å². The molecule has 0 N–H and O–H groups in total. The number of methoxy groups -OCH3 is 4. The molecule has 1 aliphatic heterocycles. The van der Waals surface area contributed by atoms with Gasteiger partial charge in [0, 0.05) is 11.1 Å². The Balaban J connectivity index is 0.00000261. The van der Waals surface area contributed by atoms with Crippen molar-refractivity contribution in [3.05, 3.63) is 47.0 Å². The zero-order chi connectivity index (χ0) is 18.9. The number of halogens is 1. The van der Waals surface area contributed by atoms with Crippen LogP contribution in [0.1, 0.15) is 30.5 Å². The van der Waals surface area contributed by atoms with Crippen LogP contribution in [-0.2, 0) is 6.42 Å². The van der Waals surface area contributed by atoms with Crippen molar-refractivity contribution in [2.24, 2.45) is 4.99 Å². The molecule has 2 aromatic rings. The lowest BCUT2D eigenvalue weighted by Gasteiger charge is -2.30. The smallest absolute Gasteiger partial charge is 0.161 e. The van der Waals surface area contributed by atoms with E-state index in [9.17, 15) is 0 Å². The fourth-order valence-electron chi connectivity index (χ4n) is 3.36. The van der Waals surface area contributed by atoms with Crippen molar-refractivity contribution in [3.63, 3.8) is 0 Å². The molecule has 0 aromatic heterocycles. The number of hydrogen-bond donors (Lipinski definition) is 0. The lowest BCUT2D eigenvalue weighted by Crippen LogP contribution is -3.00. The fraction of sp³-hybridized carbons (Fsp3) is 0.381. The molecular formula is C21H25ClNO4-. The summed E-state index contributed by atoms with van der Waals surface area (Å²) in [5.41, 5.74) is 3.92. The maximum absolute atomic E-state index is 5.50. The average molecular weight is 391 g/mol. The number of hydrogen-bond acceptors (Lipinski definition) is 5. The SMILES string of the molecule is COc1ccc(C2=NC(C)(C)Cc3cc(OC)c(OC)cc32)cc1OC.[Cl-]. The Morgan fingerprint density at radius 1 is 0.778 bits per heavy atom. The summed E-state index contributed by atoms with van der Waals surface area (Å²) in [4.78, 5) is 5.01. The highest BCUT2D eigenvalue weighted by Gasteiger charge is 2.29. The first kappa shape index (κ1) is 20.9. The van der Waals surface area contributed by atoms with E-state index < -0.39 is 0 Å². The van der Waals surface area contributed by atoms with E-state index in [0.717, 1.165) is 29.0 Å². The van der Waals surface area contributed by atoms with Crippen molar-refractivity contribution in [3.8, 4) is 23.0 Å². The standard InChI is InChI=1S/C21H25NO4.ClH/c1-21(2)12-14-10-18(25-5)19(26-6)11-15(14)20(22-21)13-7-8-16(23-3)17(9-13)24-4;/h7-11H,12H2,1-6H3;1H/p-1. The normalized spacial score (nSPS) is 14.4. The largest absolute Gasteiger partial charge is 1.00 e. The van der Waals surface area contributed by atoms with Crippen LogP contribution in [0.2, 0.25) is 0 Å². The van der Waals surface area contributed by atoms with Crippen molar-refractivity contribution in [2.75, 3.05) is 28.4 Å². The molecule has 5 nitrogen and oxygen atoms in total. The Morgan fingerprint density at radius 3 is 1.93 bits per heavy atom. The Morgan fingerprint density at radius 2 is 1.33 bits per heavy atom. The lowest BCUT2D eigenvalue weighted by molar-refractivity contribution is -0.00000699. The van der Waals surface area contributed by atoms with Crippen LogP contribution in [-0.4, -0.2) is 39.7 Å². The Labute approximate surface area is 166 Å². The predicted molar refractivity (Wildman–Crippen MR) is 103 cm³/mol. The molecule has 6 heteroatoms. The van der Waals surface area contributed by atoms with Crippen LogP contribution < -0.4 is 31.4 Å². The maximum atomic E-state index is 5.50. The van der Waals surface area contributed by atoms with E-state index in [2.05, 4.69) is 13.8 Å². The molecule has 1 aliphatic rings. The number of aliphatic imine (C=N–C) groups is 1. The summed E-state index contributed by atoms with van der Waals surface area (Å²) in [7, 11) is 6.56. The highest BCUT2D eigenvalue weighted by Crippen LogP contribution is 2.38. The zero-order valence-electron chi connectivity index (χ0n) is 16.6. The van der Waals surface area contributed by atoms with E-state index in [0.29, 0.717) is 17.2 Å². The quantitative estimate of drug-likeness (QED) is 0.761. The van der Waals surface area contributed by atoms with Gasteiger partial charge in [-0.3, -0.25) is 4.99 Å². The van der Waals surface area contributed by atoms with Gasteiger partial charge in [-0.05, 0) is 56.2 Å². The maximum Gasteiger partial charge on any atom is 0.161 e. The van der Waals surface area contributed by atoms with Crippen molar-refractivity contribution in [1.29, 1.82) is 0 Å². The summed E-state index contributed by atoms with van der Waals surface area (Å²) in [6, 6.07) is 9.91. The van der Waals surface area contributed by atoms with Gasteiger partial charge in [0.1, 0.15) is 0 Å². The number of fused-ring (bicyclic) bond motifs is 1. The van der Waals surface area contributed by atoms with Crippen LogP contribution in [0, 0.1) is 0 Å². The topological polar surface area (TPSA) is 49.3 Å². The van der Waals surface area contributed by atoms with E-state index in [1.807, 2.05) is 30.3 Å². The molecule has 0 saturated carbocycles. The van der Waals surface area contributed by atoms with E-state index in [4.69, 9.17) is 23.9 Å². The summed E-state index contributed by atoms with van der Waals surface area (Å²) in [5, 5.41) is 0. The van der Waals surface area contributed by atoms with Gasteiger partial charge in [-0.2, -0.15) is 0 Å². The van der Waals surface area contributed by atoms with E-state index >= 15 is 0 Å². The highest BCUT2D eigenvalue weighted by atomic mass is 35.5. The Kier molecular flexibility index (Phi) is 6.26. The molecule has 0 aliphatic carbocycles. The van der Waals surface area contributed by atoms with Crippen LogP contribution in [0.25, 0.3) is 0 Å². The van der Waals surface area contributed by atoms with Gasteiger partial charge >= 0.3 is 0 Å². The molecule has 3 rings (SSSR count). The summed E-state index contributed by atoms with van der Waals surface area (Å²) >= 11 is 0. The number of benzene rings is 2. The average Bonchev–Trinajstić information content (AvgIpc) is 2.64. The summed E-state index contributed by atoms with van der Waals surface area (Å²) in [5.74, 6) is 2.80. The summed E-state index contributed by atoms with van der Waals surface area (Å²) in [6.07, 6.45) is 0.833. The highest BCUT2D eigenvalue weighted by molar-refractivity contribution is 6.15. The molecule has 0 atom stereocenters. The second-order valence-corrected chi connectivity index (χ2v) is 6.88. The number of ether oxygens (including phenoxy) is 4. The first-order chi connectivity index (χ1) is 12.4. The van der Waals surface area contributed by atoms with Crippen molar-refractivity contribution in [2.45, 2.75) is 25.8 Å². The monoisotopic (exact) mass is 390 g/mol. The first-order valence-corrected chi connectivity index (χ1v) is 8.50. The molecule has 146 valence electrons. The third kappa shape index (κ3) is 3.98. The molecule has 0 unspecified atom stereocenters. The second-order valence-electron chi connectivity index (χ2n) is 6.88. The molecule has 0 fully saturated rings. The van der Waals surface area contributed by atoms with Gasteiger partial charge in [0.15, 0.2) is 23.0 Å². The lowest BCUT2D eigenvalue weighted by atomic mass is 9.84. The molecule has 1 heterocycles. The van der Waals surface area contributed by atoms with Crippen LogP contribution in [0.15, 0.2) is 35.3 Å². The van der Waals surface area contributed by atoms with E-state index in [1.54, 1.807) is 28.4 Å². The fourth-order valence-corrected chi connectivity index (χ4v) is 3.36. The van der Waals surface area contributed by atoms with Gasteiger partial charge < -0.3 is 31.4 Å². The molecule has 0 radical (unpaired) electrons. The number of rotatable bonds is 5. The van der Waals surface area contributed by atoms with Gasteiger partial charge in [0.2, 0.25) is 0 Å². The number of nitrogens with zero attached hydrogens (tertiary/aromatic N) is 1. The van der Waals surface area contributed by atoms with Gasteiger partial charge in [0.05, 0.1) is 39.7 Å². The van der Waals surface area contributed by atoms with E-state index in [-0.39, 0.29) is 17.9 Å². The minimum absolute atomic E-state index is 0. The van der Waals surface area contributed by atoms with Crippen LogP contribution >= 0.6 is 0 Å². The zero-order valence-corrected chi connectivity index (χ0v) is 17.3. The third-order valence-electron chi connectivity index (χ3n) is 4.56. The minimum Gasteiger partial charge on any atom is -1.00 e. The van der Waals surface area contributed by atoms with Crippen LogP contribution in [0.3, 0.4) is 0 Å². The minimum atomic E-state index is -0.213. The van der Waals surface area contributed by atoms with Crippen LogP contribution in [0.5, 0.6) is 23.0 Å². The van der Waals surface area contributed by atoms with E-state index in [1.165, 1.54) is 5.56 Å². The molecule has 0 saturated heterocycles. The van der Waals surface area contributed by atoms with Gasteiger partial charge in [-0.15, -0.1) is 0 Å². The molecule has 0 bridgehead atoms. The van der Waals surface area contributed by atoms with Gasteiger partial charge in [-0.1, -0.05) is 0 Å². The Bertz CT molecular complexity index is 862.